The van der Waals surface area contributed by atoms with Crippen molar-refractivity contribution in [3.63, 3.8) is 0 Å². The average Bonchev–Trinajstić information content (AvgIpc) is 2.94. The highest BCUT2D eigenvalue weighted by molar-refractivity contribution is 6.42. The van der Waals surface area contributed by atoms with Crippen molar-refractivity contribution in [2.24, 2.45) is 0 Å². The first-order valence-corrected chi connectivity index (χ1v) is 13.9. The van der Waals surface area contributed by atoms with Crippen molar-refractivity contribution >= 4 is 35.0 Å². The largest absolute Gasteiger partial charge is 0.497 e. The van der Waals surface area contributed by atoms with E-state index in [1.165, 1.54) is 6.42 Å². The Balaban J connectivity index is 1.67. The number of nitrogens with one attached hydrogen (secondary N) is 1. The van der Waals surface area contributed by atoms with Crippen LogP contribution in [0.3, 0.4) is 0 Å². The maximum Gasteiger partial charge on any atom is 0.243 e. The fraction of sp³-hybridized carbons (Fsp3) is 0.355. The van der Waals surface area contributed by atoms with Crippen LogP contribution in [0.4, 0.5) is 0 Å². The molecule has 1 aliphatic carbocycles. The molecule has 0 heterocycles. The Labute approximate surface area is 235 Å². The second-order valence-corrected chi connectivity index (χ2v) is 10.7. The number of methoxy groups -OCH3 is 1. The summed E-state index contributed by atoms with van der Waals surface area (Å²) in [6.45, 7) is 0.271. The number of benzene rings is 3. The number of halogens is 2. The first kappa shape index (κ1) is 28.0. The molecule has 5 nitrogen and oxygen atoms in total. The van der Waals surface area contributed by atoms with Gasteiger partial charge in [-0.15, -0.1) is 0 Å². The summed E-state index contributed by atoms with van der Waals surface area (Å²) in [5.41, 5.74) is 2.62. The van der Waals surface area contributed by atoms with Gasteiger partial charge in [0, 0.05) is 19.0 Å². The van der Waals surface area contributed by atoms with Gasteiger partial charge < -0.3 is 15.0 Å². The summed E-state index contributed by atoms with van der Waals surface area (Å²) < 4.78 is 5.41. The summed E-state index contributed by atoms with van der Waals surface area (Å²) in [5, 5.41) is 4.10. The Hall–Kier alpha value is -3.02. The molecule has 1 atom stereocenters. The van der Waals surface area contributed by atoms with Crippen molar-refractivity contribution in [2.75, 3.05) is 7.11 Å². The van der Waals surface area contributed by atoms with E-state index in [2.05, 4.69) is 5.32 Å². The molecule has 0 aliphatic heterocycles. The predicted octanol–water partition coefficient (Wildman–Crippen LogP) is 6.63. The smallest absolute Gasteiger partial charge is 0.243 e. The zero-order valence-corrected chi connectivity index (χ0v) is 23.2. The van der Waals surface area contributed by atoms with E-state index in [-0.39, 0.29) is 30.8 Å². The van der Waals surface area contributed by atoms with E-state index >= 15 is 0 Å². The molecule has 200 valence electrons. The van der Waals surface area contributed by atoms with Gasteiger partial charge in [0.1, 0.15) is 11.8 Å². The third kappa shape index (κ3) is 7.75. The van der Waals surface area contributed by atoms with Crippen LogP contribution in [0, 0.1) is 0 Å². The zero-order chi connectivity index (χ0) is 26.9. The predicted molar refractivity (Wildman–Crippen MR) is 153 cm³/mol. The highest BCUT2D eigenvalue weighted by Gasteiger charge is 2.32. The van der Waals surface area contributed by atoms with Crippen LogP contribution in [0.2, 0.25) is 10.0 Å². The molecule has 0 saturated heterocycles. The molecule has 0 spiro atoms. The maximum atomic E-state index is 13.9. The number of ether oxygens (including phenoxy) is 1. The van der Waals surface area contributed by atoms with Gasteiger partial charge >= 0.3 is 0 Å². The highest BCUT2D eigenvalue weighted by Crippen LogP contribution is 2.25. The van der Waals surface area contributed by atoms with Crippen LogP contribution in [0.1, 0.15) is 48.8 Å². The number of carbonyl (C=O) groups excluding carboxylic acids is 2. The number of hydrogen-bond acceptors (Lipinski definition) is 3. The van der Waals surface area contributed by atoms with E-state index in [0.29, 0.717) is 22.2 Å². The summed E-state index contributed by atoms with van der Waals surface area (Å²) in [6.07, 6.45) is 5.87. The first-order valence-electron chi connectivity index (χ1n) is 13.1. The number of nitrogens with zero attached hydrogens (tertiary/aromatic N) is 1. The third-order valence-corrected chi connectivity index (χ3v) is 7.79. The summed E-state index contributed by atoms with van der Waals surface area (Å²) in [6, 6.07) is 22.1. The quantitative estimate of drug-likeness (QED) is 0.307. The van der Waals surface area contributed by atoms with Gasteiger partial charge in [-0.2, -0.15) is 0 Å². The van der Waals surface area contributed by atoms with Crippen LogP contribution in [-0.2, 0) is 29.0 Å². The molecule has 1 aliphatic rings. The van der Waals surface area contributed by atoms with E-state index in [9.17, 15) is 9.59 Å². The Bertz CT molecular complexity index is 1230. The number of amides is 2. The van der Waals surface area contributed by atoms with Crippen molar-refractivity contribution in [3.05, 3.63) is 99.5 Å². The monoisotopic (exact) mass is 552 g/mol. The molecule has 38 heavy (non-hydrogen) atoms. The molecule has 3 aromatic carbocycles. The molecular formula is C31H34Cl2N2O3. The van der Waals surface area contributed by atoms with Crippen LogP contribution in [0.15, 0.2) is 72.8 Å². The van der Waals surface area contributed by atoms with Gasteiger partial charge in [-0.1, -0.05) is 91.0 Å². The number of hydrogen-bond donors (Lipinski definition) is 1. The fourth-order valence-corrected chi connectivity index (χ4v) is 5.31. The molecule has 7 heteroatoms. The van der Waals surface area contributed by atoms with Crippen LogP contribution >= 0.6 is 23.2 Å². The highest BCUT2D eigenvalue weighted by atomic mass is 35.5. The van der Waals surface area contributed by atoms with Crippen LogP contribution < -0.4 is 10.1 Å². The summed E-state index contributed by atoms with van der Waals surface area (Å²) >= 11 is 12.3. The molecule has 0 bridgehead atoms. The van der Waals surface area contributed by atoms with Gasteiger partial charge in [-0.05, 0) is 53.8 Å². The molecule has 1 unspecified atom stereocenters. The first-order chi connectivity index (χ1) is 18.4. The van der Waals surface area contributed by atoms with Crippen molar-refractivity contribution in [3.8, 4) is 5.75 Å². The van der Waals surface area contributed by atoms with Gasteiger partial charge in [-0.25, -0.2) is 0 Å². The summed E-state index contributed by atoms with van der Waals surface area (Å²) in [7, 11) is 1.61. The maximum absolute atomic E-state index is 13.9. The number of rotatable bonds is 10. The average molecular weight is 554 g/mol. The standard InChI is InChI=1S/C31H34Cl2N2O3/c1-38-26-14-8-11-24(17-26)21-35(30(36)20-23-15-16-27(32)28(33)18-23)29(19-22-9-4-2-5-10-22)31(37)34-25-12-6-3-7-13-25/h2,4-5,8-11,14-18,25,29H,3,6-7,12-13,19-21H2,1H3,(H,34,37). The van der Waals surface area contributed by atoms with Crippen molar-refractivity contribution in [1.82, 2.24) is 10.2 Å². The van der Waals surface area contributed by atoms with E-state index in [1.807, 2.05) is 54.6 Å². The van der Waals surface area contributed by atoms with E-state index in [0.717, 1.165) is 42.4 Å². The van der Waals surface area contributed by atoms with Gasteiger partial charge in [0.25, 0.3) is 0 Å². The Morgan fingerprint density at radius 1 is 0.895 bits per heavy atom. The molecule has 1 N–H and O–H groups in total. The normalized spacial score (nSPS) is 14.5. The molecule has 1 saturated carbocycles. The van der Waals surface area contributed by atoms with Crippen LogP contribution in [0.5, 0.6) is 5.75 Å². The van der Waals surface area contributed by atoms with E-state index in [4.69, 9.17) is 27.9 Å². The minimum Gasteiger partial charge on any atom is -0.497 e. The van der Waals surface area contributed by atoms with Crippen molar-refractivity contribution < 1.29 is 14.3 Å². The molecule has 0 radical (unpaired) electrons. The number of carbonyl (C=O) groups is 2. The second kappa shape index (κ2) is 13.7. The molecule has 2 amide bonds. The van der Waals surface area contributed by atoms with E-state index < -0.39 is 6.04 Å². The zero-order valence-electron chi connectivity index (χ0n) is 21.7. The Morgan fingerprint density at radius 3 is 2.34 bits per heavy atom. The van der Waals surface area contributed by atoms with Gasteiger partial charge in [0.2, 0.25) is 11.8 Å². The summed E-state index contributed by atoms with van der Waals surface area (Å²) in [4.78, 5) is 29.5. The molecule has 3 aromatic rings. The van der Waals surface area contributed by atoms with Gasteiger partial charge in [0.15, 0.2) is 0 Å². The van der Waals surface area contributed by atoms with Crippen molar-refractivity contribution in [2.45, 2.75) is 63.6 Å². The van der Waals surface area contributed by atoms with Crippen molar-refractivity contribution in [1.29, 1.82) is 0 Å². The molecule has 4 rings (SSSR count). The lowest BCUT2D eigenvalue weighted by atomic mass is 9.94. The van der Waals surface area contributed by atoms with Crippen LogP contribution in [0.25, 0.3) is 0 Å². The third-order valence-electron chi connectivity index (χ3n) is 7.05. The topological polar surface area (TPSA) is 58.6 Å². The van der Waals surface area contributed by atoms with E-state index in [1.54, 1.807) is 30.2 Å². The summed E-state index contributed by atoms with van der Waals surface area (Å²) in [5.74, 6) is 0.419. The lowest BCUT2D eigenvalue weighted by molar-refractivity contribution is -0.141. The Kier molecular flexibility index (Phi) is 10.1. The second-order valence-electron chi connectivity index (χ2n) is 9.85. The van der Waals surface area contributed by atoms with Gasteiger partial charge in [-0.3, -0.25) is 9.59 Å². The lowest BCUT2D eigenvalue weighted by Gasteiger charge is -2.33. The minimum atomic E-state index is -0.680. The van der Waals surface area contributed by atoms with Crippen LogP contribution in [-0.4, -0.2) is 35.9 Å². The molecular weight excluding hydrogens is 519 g/mol. The fourth-order valence-electron chi connectivity index (χ4n) is 4.99. The molecule has 0 aromatic heterocycles. The van der Waals surface area contributed by atoms with Gasteiger partial charge in [0.05, 0.1) is 23.6 Å². The lowest BCUT2D eigenvalue weighted by Crippen LogP contribution is -2.53. The Morgan fingerprint density at radius 2 is 1.63 bits per heavy atom. The molecule has 1 fully saturated rings. The minimum absolute atomic E-state index is 0.100. The SMILES string of the molecule is COc1cccc(CN(C(=O)Cc2ccc(Cl)c(Cl)c2)C(Cc2ccccc2)C(=O)NC2CCCCC2)c1.